The van der Waals surface area contributed by atoms with E-state index < -0.39 is 0 Å². The molecule has 0 saturated carbocycles. The van der Waals surface area contributed by atoms with Crippen LogP contribution in [-0.4, -0.2) is 22.6 Å². The highest BCUT2D eigenvalue weighted by Gasteiger charge is 2.37. The monoisotopic (exact) mass is 306 g/mol. The van der Waals surface area contributed by atoms with E-state index in [4.69, 9.17) is 0 Å². The predicted octanol–water partition coefficient (Wildman–Crippen LogP) is 5.04. The molecule has 0 aromatic heterocycles. The van der Waals surface area contributed by atoms with Crippen LogP contribution in [0.2, 0.25) is 0 Å². The van der Waals surface area contributed by atoms with E-state index in [9.17, 15) is 0 Å². The summed E-state index contributed by atoms with van der Waals surface area (Å²) in [5.74, 6) is 0. The van der Waals surface area contributed by atoms with Gasteiger partial charge in [-0.25, -0.2) is 0 Å². The van der Waals surface area contributed by atoms with Gasteiger partial charge in [0.15, 0.2) is 0 Å². The Morgan fingerprint density at radius 2 is 0.950 bits per heavy atom. The van der Waals surface area contributed by atoms with Crippen molar-refractivity contribution in [1.29, 1.82) is 0 Å². The van der Waals surface area contributed by atoms with Gasteiger partial charge in [-0.2, -0.15) is 0 Å². The molecular formula is C18H28P2. The molecule has 0 bridgehead atoms. The molecule has 2 fully saturated rings. The van der Waals surface area contributed by atoms with Crippen molar-refractivity contribution >= 4 is 26.5 Å². The van der Waals surface area contributed by atoms with E-state index >= 15 is 0 Å². The first-order valence-corrected chi connectivity index (χ1v) is 11.2. The predicted molar refractivity (Wildman–Crippen MR) is 95.9 cm³/mol. The number of rotatable bonds is 2. The van der Waals surface area contributed by atoms with Gasteiger partial charge in [-0.05, 0) is 58.9 Å². The molecule has 2 heteroatoms. The van der Waals surface area contributed by atoms with E-state index in [-0.39, 0.29) is 15.8 Å². The van der Waals surface area contributed by atoms with Crippen molar-refractivity contribution in [2.45, 2.75) is 76.0 Å². The van der Waals surface area contributed by atoms with Gasteiger partial charge in [-0.1, -0.05) is 67.8 Å². The third kappa shape index (κ3) is 2.60. The van der Waals surface area contributed by atoms with Gasteiger partial charge in [0.2, 0.25) is 0 Å². The van der Waals surface area contributed by atoms with Crippen LogP contribution in [0.1, 0.15) is 53.4 Å². The second kappa shape index (κ2) is 6.06. The van der Waals surface area contributed by atoms with Gasteiger partial charge in [0.1, 0.15) is 0 Å². The Bertz CT molecular complexity index is 407. The SMILES string of the molecule is C[C@@H]1CC[C@@H](C)P1c1ccccc1P1[C@H](C)CC[C@@H]1C. The lowest BCUT2D eigenvalue weighted by atomic mass is 10.2. The highest BCUT2D eigenvalue weighted by Crippen LogP contribution is 2.58. The third-order valence-corrected chi connectivity index (χ3v) is 12.2. The highest BCUT2D eigenvalue weighted by molar-refractivity contribution is 7.73. The van der Waals surface area contributed by atoms with E-state index in [0.29, 0.717) is 0 Å². The molecule has 2 aliphatic heterocycles. The van der Waals surface area contributed by atoms with Gasteiger partial charge in [0, 0.05) is 0 Å². The van der Waals surface area contributed by atoms with Crippen molar-refractivity contribution in [3.63, 3.8) is 0 Å². The van der Waals surface area contributed by atoms with Crippen molar-refractivity contribution in [2.75, 3.05) is 0 Å². The van der Waals surface area contributed by atoms with E-state index in [1.165, 1.54) is 25.7 Å². The van der Waals surface area contributed by atoms with Crippen LogP contribution in [0.3, 0.4) is 0 Å². The maximum absolute atomic E-state index is 2.50. The molecule has 5 atom stereocenters. The van der Waals surface area contributed by atoms with Gasteiger partial charge in [-0.15, -0.1) is 0 Å². The Morgan fingerprint density at radius 3 is 1.25 bits per heavy atom. The van der Waals surface area contributed by atoms with Gasteiger partial charge in [0.25, 0.3) is 0 Å². The van der Waals surface area contributed by atoms with Crippen molar-refractivity contribution < 1.29 is 0 Å². The molecule has 0 nitrogen and oxygen atoms in total. The smallest absolute Gasteiger partial charge is 0.0158 e. The molecule has 0 N–H and O–H groups in total. The molecule has 2 heterocycles. The fourth-order valence-corrected chi connectivity index (χ4v) is 11.5. The van der Waals surface area contributed by atoms with Crippen LogP contribution in [0.15, 0.2) is 24.3 Å². The maximum Gasteiger partial charge on any atom is -0.0158 e. The molecule has 1 aromatic carbocycles. The van der Waals surface area contributed by atoms with Crippen molar-refractivity contribution in [3.05, 3.63) is 24.3 Å². The topological polar surface area (TPSA) is 0 Å². The number of hydrogen-bond donors (Lipinski definition) is 0. The van der Waals surface area contributed by atoms with Gasteiger partial charge >= 0.3 is 0 Å². The highest BCUT2D eigenvalue weighted by atomic mass is 31.1. The molecule has 0 radical (unpaired) electrons. The Balaban J connectivity index is 2.00. The quantitative estimate of drug-likeness (QED) is 0.671. The Morgan fingerprint density at radius 1 is 0.650 bits per heavy atom. The minimum atomic E-state index is 0.0785. The summed E-state index contributed by atoms with van der Waals surface area (Å²) in [6, 6.07) is 9.55. The first-order chi connectivity index (χ1) is 9.59. The Kier molecular flexibility index (Phi) is 4.54. The van der Waals surface area contributed by atoms with Crippen LogP contribution in [-0.2, 0) is 0 Å². The Hall–Kier alpha value is 0.0800. The molecule has 20 heavy (non-hydrogen) atoms. The van der Waals surface area contributed by atoms with Crippen LogP contribution >= 0.6 is 15.8 Å². The van der Waals surface area contributed by atoms with Gasteiger partial charge in [-0.3, -0.25) is 0 Å². The summed E-state index contributed by atoms with van der Waals surface area (Å²) in [5, 5.41) is 3.57. The van der Waals surface area contributed by atoms with E-state index in [2.05, 4.69) is 52.0 Å². The average Bonchev–Trinajstić information content (AvgIpc) is 2.93. The zero-order chi connectivity index (χ0) is 14.3. The molecule has 3 rings (SSSR count). The minimum absolute atomic E-state index is 0.0785. The fraction of sp³-hybridized carbons (Fsp3) is 0.667. The summed E-state index contributed by atoms with van der Waals surface area (Å²) in [6.45, 7) is 10.0. The van der Waals surface area contributed by atoms with Crippen LogP contribution in [0.5, 0.6) is 0 Å². The normalized spacial score (nSPS) is 38.5. The molecule has 2 saturated heterocycles. The summed E-state index contributed by atoms with van der Waals surface area (Å²) in [4.78, 5) is 0. The molecule has 0 aliphatic carbocycles. The summed E-state index contributed by atoms with van der Waals surface area (Å²) in [7, 11) is 0.157. The largest absolute Gasteiger partial charge is 0.0688 e. The summed E-state index contributed by atoms with van der Waals surface area (Å²) >= 11 is 0. The van der Waals surface area contributed by atoms with E-state index in [1.54, 1.807) is 10.6 Å². The lowest BCUT2D eigenvalue weighted by Gasteiger charge is -2.30. The van der Waals surface area contributed by atoms with Gasteiger partial charge < -0.3 is 0 Å². The molecule has 1 unspecified atom stereocenters. The molecule has 2 aliphatic rings. The van der Waals surface area contributed by atoms with Crippen LogP contribution in [0.4, 0.5) is 0 Å². The average molecular weight is 306 g/mol. The minimum Gasteiger partial charge on any atom is -0.0688 e. The van der Waals surface area contributed by atoms with Gasteiger partial charge in [0.05, 0.1) is 0 Å². The molecule has 0 amide bonds. The van der Waals surface area contributed by atoms with Crippen molar-refractivity contribution in [3.8, 4) is 0 Å². The van der Waals surface area contributed by atoms with Crippen molar-refractivity contribution in [2.24, 2.45) is 0 Å². The van der Waals surface area contributed by atoms with Crippen molar-refractivity contribution in [1.82, 2.24) is 0 Å². The summed E-state index contributed by atoms with van der Waals surface area (Å²) < 4.78 is 0. The molecule has 1 aromatic rings. The Labute approximate surface area is 127 Å². The van der Waals surface area contributed by atoms with Crippen LogP contribution < -0.4 is 10.6 Å². The zero-order valence-electron chi connectivity index (χ0n) is 13.3. The maximum atomic E-state index is 2.50. The lowest BCUT2D eigenvalue weighted by molar-refractivity contribution is 0.777. The molecule has 110 valence electrons. The van der Waals surface area contributed by atoms with E-state index in [0.717, 1.165) is 22.6 Å². The fourth-order valence-electron chi connectivity index (χ4n) is 4.24. The number of benzene rings is 1. The standard InChI is InChI=1S/C18H28P2/c1-13-9-10-14(2)19(13)17-7-5-6-8-18(17)20-15(3)11-12-16(20)4/h5-8,13-16H,9-12H2,1-4H3/t13-,14-,15-,16+,20?/m1/s1. The first-order valence-electron chi connectivity index (χ1n) is 8.25. The lowest BCUT2D eigenvalue weighted by Crippen LogP contribution is -2.28. The molecular weight excluding hydrogens is 278 g/mol. The van der Waals surface area contributed by atoms with E-state index in [1.807, 2.05) is 0 Å². The second-order valence-corrected chi connectivity index (χ2v) is 13.0. The summed E-state index contributed by atoms with van der Waals surface area (Å²) in [6.07, 6.45) is 5.79. The molecule has 0 spiro atoms. The van der Waals surface area contributed by atoms with Crippen LogP contribution in [0, 0.1) is 0 Å². The zero-order valence-corrected chi connectivity index (χ0v) is 15.1. The second-order valence-electron chi connectivity index (χ2n) is 6.85. The third-order valence-electron chi connectivity index (χ3n) is 5.34. The summed E-state index contributed by atoms with van der Waals surface area (Å²) in [5.41, 5.74) is 3.74. The number of hydrogen-bond acceptors (Lipinski definition) is 0. The van der Waals surface area contributed by atoms with Crippen LogP contribution in [0.25, 0.3) is 0 Å². The first kappa shape index (κ1) is 15.0.